The molecule has 4 rings (SSSR count). The number of carbonyl (C=O) groups is 1. The lowest BCUT2D eigenvalue weighted by Crippen LogP contribution is -2.32. The second-order valence-corrected chi connectivity index (χ2v) is 7.48. The van der Waals surface area contributed by atoms with Crippen LogP contribution in [0, 0.1) is 10.1 Å². The minimum atomic E-state index is -0.556. The third kappa shape index (κ3) is 4.66. The van der Waals surface area contributed by atoms with Crippen LogP contribution in [0.4, 0.5) is 5.69 Å². The van der Waals surface area contributed by atoms with E-state index in [9.17, 15) is 14.9 Å². The molecule has 0 unspecified atom stereocenters. The molecule has 1 aromatic heterocycles. The first-order valence-electron chi connectivity index (χ1n) is 9.76. The van der Waals surface area contributed by atoms with Crippen molar-refractivity contribution in [3.63, 3.8) is 0 Å². The van der Waals surface area contributed by atoms with Crippen LogP contribution in [0.2, 0.25) is 5.02 Å². The fourth-order valence-electron chi connectivity index (χ4n) is 3.16. The SMILES string of the molecule is CCOc1ccc(C(=O)N(Cc2nnc(-c3ccc(Cl)cc3)o2)C2CC2)cc1[N+](=O)[O-]. The molecule has 9 nitrogen and oxygen atoms in total. The molecule has 2 aromatic carbocycles. The molecular weight excluding hydrogens is 424 g/mol. The van der Waals surface area contributed by atoms with Crippen LogP contribution in [0.5, 0.6) is 5.75 Å². The molecule has 0 bridgehead atoms. The van der Waals surface area contributed by atoms with Crippen LogP contribution in [0.1, 0.15) is 36.0 Å². The van der Waals surface area contributed by atoms with E-state index in [4.69, 9.17) is 20.8 Å². The van der Waals surface area contributed by atoms with Crippen molar-refractivity contribution in [1.29, 1.82) is 0 Å². The van der Waals surface area contributed by atoms with Crippen molar-refractivity contribution in [2.45, 2.75) is 32.4 Å². The maximum Gasteiger partial charge on any atom is 0.311 e. The second-order valence-electron chi connectivity index (χ2n) is 7.04. The Morgan fingerprint density at radius 1 is 1.26 bits per heavy atom. The van der Waals surface area contributed by atoms with Gasteiger partial charge in [0.15, 0.2) is 5.75 Å². The summed E-state index contributed by atoms with van der Waals surface area (Å²) in [4.78, 5) is 25.6. The number of amides is 1. The lowest BCUT2D eigenvalue weighted by Gasteiger charge is -2.20. The van der Waals surface area contributed by atoms with Gasteiger partial charge in [0, 0.05) is 28.3 Å². The maximum atomic E-state index is 13.1. The van der Waals surface area contributed by atoms with E-state index in [1.54, 1.807) is 36.1 Å². The summed E-state index contributed by atoms with van der Waals surface area (Å²) >= 11 is 5.91. The van der Waals surface area contributed by atoms with Gasteiger partial charge in [-0.15, -0.1) is 10.2 Å². The number of carbonyl (C=O) groups excluding carboxylic acids is 1. The normalized spacial score (nSPS) is 13.1. The molecule has 1 heterocycles. The van der Waals surface area contributed by atoms with Crippen molar-refractivity contribution < 1.29 is 18.9 Å². The molecule has 1 amide bonds. The molecule has 1 saturated carbocycles. The second kappa shape index (κ2) is 8.73. The highest BCUT2D eigenvalue weighted by molar-refractivity contribution is 6.30. The molecule has 3 aromatic rings. The van der Waals surface area contributed by atoms with Gasteiger partial charge in [-0.3, -0.25) is 14.9 Å². The highest BCUT2D eigenvalue weighted by Crippen LogP contribution is 2.33. The number of nitro benzene ring substituents is 1. The molecule has 160 valence electrons. The van der Waals surface area contributed by atoms with E-state index >= 15 is 0 Å². The topological polar surface area (TPSA) is 112 Å². The van der Waals surface area contributed by atoms with Gasteiger partial charge in [0.2, 0.25) is 11.8 Å². The smallest absolute Gasteiger partial charge is 0.311 e. The van der Waals surface area contributed by atoms with Gasteiger partial charge in [-0.1, -0.05) is 11.6 Å². The highest BCUT2D eigenvalue weighted by atomic mass is 35.5. The Kier molecular flexibility index (Phi) is 5.85. The molecule has 1 fully saturated rings. The monoisotopic (exact) mass is 442 g/mol. The standard InChI is InChI=1S/C21H19ClN4O5/c1-2-30-18-10-5-14(11-17(18)26(28)29)21(27)25(16-8-9-16)12-19-23-24-20(31-19)13-3-6-15(22)7-4-13/h3-7,10-11,16H,2,8-9,12H2,1H3. The molecule has 0 aliphatic heterocycles. The highest BCUT2D eigenvalue weighted by Gasteiger charge is 2.35. The first-order chi connectivity index (χ1) is 15.0. The molecule has 0 saturated heterocycles. The average molecular weight is 443 g/mol. The van der Waals surface area contributed by atoms with Gasteiger partial charge >= 0.3 is 5.69 Å². The molecular formula is C21H19ClN4O5. The summed E-state index contributed by atoms with van der Waals surface area (Å²) in [5.74, 6) is 0.406. The zero-order valence-electron chi connectivity index (χ0n) is 16.7. The van der Waals surface area contributed by atoms with Gasteiger partial charge in [-0.25, -0.2) is 0 Å². The van der Waals surface area contributed by atoms with Gasteiger partial charge in [-0.2, -0.15) is 0 Å². The van der Waals surface area contributed by atoms with Crippen LogP contribution < -0.4 is 4.74 Å². The van der Waals surface area contributed by atoms with Crippen LogP contribution in [-0.2, 0) is 6.54 Å². The fourth-order valence-corrected chi connectivity index (χ4v) is 3.29. The van der Waals surface area contributed by atoms with E-state index in [2.05, 4.69) is 10.2 Å². The van der Waals surface area contributed by atoms with Crippen LogP contribution in [0.3, 0.4) is 0 Å². The lowest BCUT2D eigenvalue weighted by molar-refractivity contribution is -0.385. The summed E-state index contributed by atoms with van der Waals surface area (Å²) in [6.45, 7) is 2.14. The van der Waals surface area contributed by atoms with Crippen molar-refractivity contribution in [2.75, 3.05) is 6.61 Å². The quantitative estimate of drug-likeness (QED) is 0.373. The first-order valence-corrected chi connectivity index (χ1v) is 10.1. The van der Waals surface area contributed by atoms with Crippen LogP contribution in [-0.4, -0.2) is 38.6 Å². The van der Waals surface area contributed by atoms with E-state index < -0.39 is 4.92 Å². The van der Waals surface area contributed by atoms with Gasteiger partial charge in [0.05, 0.1) is 18.1 Å². The van der Waals surface area contributed by atoms with Gasteiger partial charge in [-0.05, 0) is 56.2 Å². The fraction of sp³-hybridized carbons (Fsp3) is 0.286. The summed E-state index contributed by atoms with van der Waals surface area (Å²) < 4.78 is 11.0. The summed E-state index contributed by atoms with van der Waals surface area (Å²) in [6, 6.07) is 11.2. The lowest BCUT2D eigenvalue weighted by atomic mass is 10.1. The third-order valence-electron chi connectivity index (χ3n) is 4.81. The molecule has 0 radical (unpaired) electrons. The number of aromatic nitrogens is 2. The Bertz CT molecular complexity index is 1110. The Morgan fingerprint density at radius 3 is 2.65 bits per heavy atom. The maximum absolute atomic E-state index is 13.1. The molecule has 0 atom stereocenters. The van der Waals surface area contributed by atoms with Crippen LogP contribution >= 0.6 is 11.6 Å². The summed E-state index contributed by atoms with van der Waals surface area (Å²) in [5.41, 5.74) is 0.681. The van der Waals surface area contributed by atoms with Crippen molar-refractivity contribution >= 4 is 23.2 Å². The van der Waals surface area contributed by atoms with E-state index in [1.165, 1.54) is 18.2 Å². The molecule has 1 aliphatic carbocycles. The largest absolute Gasteiger partial charge is 0.487 e. The van der Waals surface area contributed by atoms with Crippen molar-refractivity contribution in [3.05, 3.63) is 69.1 Å². The predicted octanol–water partition coefficient (Wildman–Crippen LogP) is 4.50. The number of hydrogen-bond donors (Lipinski definition) is 0. The Labute approximate surface area is 182 Å². The van der Waals surface area contributed by atoms with Gasteiger partial charge in [0.25, 0.3) is 5.91 Å². The number of hydrogen-bond acceptors (Lipinski definition) is 7. The Hall–Kier alpha value is -3.46. The third-order valence-corrected chi connectivity index (χ3v) is 5.07. The number of nitrogens with zero attached hydrogens (tertiary/aromatic N) is 4. The van der Waals surface area contributed by atoms with Crippen molar-refractivity contribution in [2.24, 2.45) is 0 Å². The van der Waals surface area contributed by atoms with Gasteiger partial charge in [0.1, 0.15) is 0 Å². The zero-order chi connectivity index (χ0) is 22.0. The number of nitro groups is 1. The predicted molar refractivity (Wildman–Crippen MR) is 112 cm³/mol. The van der Waals surface area contributed by atoms with E-state index in [1.807, 2.05) is 0 Å². The summed E-state index contributed by atoms with van der Waals surface area (Å²) in [5, 5.41) is 20.1. The Morgan fingerprint density at radius 2 is 2.00 bits per heavy atom. The van der Waals surface area contributed by atoms with E-state index in [0.717, 1.165) is 18.4 Å². The minimum absolute atomic E-state index is 0.0315. The zero-order valence-corrected chi connectivity index (χ0v) is 17.4. The molecule has 31 heavy (non-hydrogen) atoms. The van der Waals surface area contributed by atoms with Crippen molar-refractivity contribution in [3.8, 4) is 17.2 Å². The van der Waals surface area contributed by atoms with Crippen molar-refractivity contribution in [1.82, 2.24) is 15.1 Å². The molecule has 0 spiro atoms. The summed E-state index contributed by atoms with van der Waals surface area (Å²) in [7, 11) is 0. The number of benzene rings is 2. The van der Waals surface area contributed by atoms with Crippen LogP contribution in [0.15, 0.2) is 46.9 Å². The average Bonchev–Trinajstić information content (AvgIpc) is 3.50. The van der Waals surface area contributed by atoms with Crippen LogP contribution in [0.25, 0.3) is 11.5 Å². The number of rotatable bonds is 8. The minimum Gasteiger partial charge on any atom is -0.487 e. The number of halogens is 1. The Balaban J connectivity index is 1.56. The van der Waals surface area contributed by atoms with E-state index in [-0.39, 0.29) is 48.0 Å². The molecule has 1 aliphatic rings. The molecule has 10 heteroatoms. The molecule has 0 N–H and O–H groups in total. The number of ether oxygens (including phenoxy) is 1. The summed E-state index contributed by atoms with van der Waals surface area (Å²) in [6.07, 6.45) is 1.70. The van der Waals surface area contributed by atoms with E-state index in [0.29, 0.717) is 10.9 Å². The first kappa shape index (κ1) is 20.8. The van der Waals surface area contributed by atoms with Gasteiger partial charge < -0.3 is 14.1 Å².